The first-order chi connectivity index (χ1) is 16.1. The standard InChI is InChI=1S/C25H31F2N5OS/c1-15(30-5)18(24(28)25(2,3)34)10-11-33-23-19(7-8-20(26)22(23)27)16-6-9-21-31-13-17(12-29-4)32(21)14-16/h6-9,13-14,29,34H,10-12,28H2,1-5H3. The number of aliphatic imine (C=N–C) groups is 1. The van der Waals surface area contributed by atoms with E-state index in [2.05, 4.69) is 27.9 Å². The van der Waals surface area contributed by atoms with Crippen LogP contribution in [0.15, 0.2) is 52.9 Å². The molecule has 0 atom stereocenters. The lowest BCUT2D eigenvalue weighted by molar-refractivity contribution is 0.301. The van der Waals surface area contributed by atoms with Gasteiger partial charge in [-0.3, -0.25) is 4.99 Å². The van der Waals surface area contributed by atoms with E-state index < -0.39 is 16.4 Å². The number of halogens is 2. The fourth-order valence-electron chi connectivity index (χ4n) is 3.67. The molecule has 0 radical (unpaired) electrons. The number of hydrogen-bond acceptors (Lipinski definition) is 6. The van der Waals surface area contributed by atoms with Crippen LogP contribution in [0.1, 0.15) is 32.9 Å². The highest BCUT2D eigenvalue weighted by atomic mass is 32.1. The predicted molar refractivity (Wildman–Crippen MR) is 137 cm³/mol. The number of imidazole rings is 1. The molecule has 0 aliphatic rings. The maximum atomic E-state index is 14.9. The Kier molecular flexibility index (Phi) is 7.99. The highest BCUT2D eigenvalue weighted by Crippen LogP contribution is 2.35. The Hall–Kier alpha value is -2.91. The molecule has 0 saturated carbocycles. The van der Waals surface area contributed by atoms with Crippen molar-refractivity contribution >= 4 is 24.0 Å². The van der Waals surface area contributed by atoms with Crippen LogP contribution in [0.25, 0.3) is 16.8 Å². The summed E-state index contributed by atoms with van der Waals surface area (Å²) in [6.07, 6.45) is 3.98. The van der Waals surface area contributed by atoms with Crippen molar-refractivity contribution in [2.45, 2.75) is 38.5 Å². The number of nitrogens with two attached hydrogens (primary N) is 1. The third-order valence-electron chi connectivity index (χ3n) is 5.66. The number of benzene rings is 1. The Morgan fingerprint density at radius 3 is 2.65 bits per heavy atom. The molecule has 0 aliphatic carbocycles. The van der Waals surface area contributed by atoms with Crippen LogP contribution in [0, 0.1) is 11.6 Å². The molecule has 2 aromatic heterocycles. The van der Waals surface area contributed by atoms with Crippen LogP contribution in [0.2, 0.25) is 0 Å². The smallest absolute Gasteiger partial charge is 0.201 e. The number of pyridine rings is 1. The fraction of sp³-hybridized carbons (Fsp3) is 0.360. The second-order valence-electron chi connectivity index (χ2n) is 8.52. The summed E-state index contributed by atoms with van der Waals surface area (Å²) in [4.78, 5) is 8.61. The van der Waals surface area contributed by atoms with Gasteiger partial charge < -0.3 is 20.2 Å². The first-order valence-electron chi connectivity index (χ1n) is 11.0. The van der Waals surface area contributed by atoms with Gasteiger partial charge in [0.2, 0.25) is 5.82 Å². The summed E-state index contributed by atoms with van der Waals surface area (Å²) in [6.45, 7) is 6.31. The normalized spacial score (nSPS) is 13.4. The van der Waals surface area contributed by atoms with Gasteiger partial charge in [-0.15, -0.1) is 0 Å². The van der Waals surface area contributed by atoms with E-state index in [0.717, 1.165) is 28.7 Å². The Labute approximate surface area is 204 Å². The molecule has 0 bridgehead atoms. The molecule has 1 aromatic carbocycles. The maximum absolute atomic E-state index is 14.9. The summed E-state index contributed by atoms with van der Waals surface area (Å²) < 4.78 is 36.2. The minimum atomic E-state index is -1.03. The van der Waals surface area contributed by atoms with Gasteiger partial charge in [-0.05, 0) is 57.7 Å². The molecular weight excluding hydrogens is 456 g/mol. The zero-order chi connectivity index (χ0) is 25.0. The largest absolute Gasteiger partial charge is 0.489 e. The molecule has 3 aromatic rings. The molecular formula is C25H31F2N5OS. The summed E-state index contributed by atoms with van der Waals surface area (Å²) in [6, 6.07) is 6.26. The molecule has 0 aliphatic heterocycles. The van der Waals surface area contributed by atoms with E-state index in [4.69, 9.17) is 10.5 Å². The van der Waals surface area contributed by atoms with Gasteiger partial charge in [0.25, 0.3) is 0 Å². The lowest BCUT2D eigenvalue weighted by atomic mass is 9.98. The van der Waals surface area contributed by atoms with E-state index in [1.807, 2.05) is 50.5 Å². The third kappa shape index (κ3) is 5.42. The molecule has 0 amide bonds. The lowest BCUT2D eigenvalue weighted by Gasteiger charge is -2.23. The van der Waals surface area contributed by atoms with Crippen LogP contribution in [0.5, 0.6) is 5.75 Å². The van der Waals surface area contributed by atoms with Gasteiger partial charge >= 0.3 is 0 Å². The van der Waals surface area contributed by atoms with E-state index in [1.54, 1.807) is 13.2 Å². The van der Waals surface area contributed by atoms with Crippen molar-refractivity contribution < 1.29 is 13.5 Å². The molecule has 3 N–H and O–H groups in total. The minimum absolute atomic E-state index is 0.0818. The van der Waals surface area contributed by atoms with Crippen molar-refractivity contribution in [2.24, 2.45) is 10.7 Å². The van der Waals surface area contributed by atoms with Crippen molar-refractivity contribution in [1.82, 2.24) is 14.7 Å². The van der Waals surface area contributed by atoms with E-state index in [9.17, 15) is 8.78 Å². The molecule has 0 fully saturated rings. The van der Waals surface area contributed by atoms with Gasteiger partial charge in [0.15, 0.2) is 11.6 Å². The number of rotatable bonds is 9. The molecule has 2 heterocycles. The monoisotopic (exact) mass is 487 g/mol. The van der Waals surface area contributed by atoms with E-state index in [1.165, 1.54) is 6.07 Å². The molecule has 0 unspecified atom stereocenters. The van der Waals surface area contributed by atoms with Crippen molar-refractivity contribution in [3.63, 3.8) is 0 Å². The van der Waals surface area contributed by atoms with Crippen molar-refractivity contribution in [2.75, 3.05) is 20.7 Å². The van der Waals surface area contributed by atoms with Gasteiger partial charge in [0, 0.05) is 53.5 Å². The second kappa shape index (κ2) is 10.6. The summed E-state index contributed by atoms with van der Waals surface area (Å²) in [5.41, 5.74) is 11.2. The topological polar surface area (TPSA) is 76.9 Å². The van der Waals surface area contributed by atoms with Crippen LogP contribution >= 0.6 is 12.6 Å². The maximum Gasteiger partial charge on any atom is 0.201 e. The lowest BCUT2D eigenvalue weighted by Crippen LogP contribution is -2.26. The quantitative estimate of drug-likeness (QED) is 0.300. The second-order valence-corrected chi connectivity index (χ2v) is 9.64. The summed E-state index contributed by atoms with van der Waals surface area (Å²) in [5.74, 6) is -2.16. The number of aromatic nitrogens is 2. The van der Waals surface area contributed by atoms with Crippen LogP contribution in [0.3, 0.4) is 0 Å². The summed E-state index contributed by atoms with van der Waals surface area (Å²) in [5, 5.41) is 3.10. The summed E-state index contributed by atoms with van der Waals surface area (Å²) in [7, 11) is 3.52. The number of thiol groups is 1. The average molecular weight is 488 g/mol. The van der Waals surface area contributed by atoms with E-state index >= 15 is 0 Å². The molecule has 3 rings (SSSR count). The van der Waals surface area contributed by atoms with E-state index in [0.29, 0.717) is 29.8 Å². The SMILES string of the molecule is CN=C(C)C(CCOc1c(-c2ccc3ncc(CNC)n3c2)ccc(F)c1F)=C(N)C(C)(C)S. The third-order valence-corrected chi connectivity index (χ3v) is 5.90. The Balaban J connectivity index is 1.97. The number of nitrogens with one attached hydrogen (secondary N) is 1. The van der Waals surface area contributed by atoms with Crippen LogP contribution in [-0.4, -0.2) is 40.5 Å². The number of fused-ring (bicyclic) bond motifs is 1. The Morgan fingerprint density at radius 1 is 1.26 bits per heavy atom. The van der Waals surface area contributed by atoms with Crippen LogP contribution in [-0.2, 0) is 6.54 Å². The van der Waals surface area contributed by atoms with Gasteiger partial charge in [-0.1, -0.05) is 0 Å². The zero-order valence-electron chi connectivity index (χ0n) is 20.1. The van der Waals surface area contributed by atoms with E-state index in [-0.39, 0.29) is 12.4 Å². The fourth-order valence-corrected chi connectivity index (χ4v) is 3.81. The molecule has 9 heteroatoms. The predicted octanol–water partition coefficient (Wildman–Crippen LogP) is 4.78. The Bertz CT molecular complexity index is 1240. The number of nitrogens with zero attached hydrogens (tertiary/aromatic N) is 3. The highest BCUT2D eigenvalue weighted by molar-refractivity contribution is 7.82. The molecule has 182 valence electrons. The number of ether oxygens (including phenoxy) is 1. The van der Waals surface area contributed by atoms with Crippen LogP contribution in [0.4, 0.5) is 8.78 Å². The molecule has 6 nitrogen and oxygen atoms in total. The first-order valence-corrected chi connectivity index (χ1v) is 11.4. The van der Waals surface area contributed by atoms with Crippen LogP contribution < -0.4 is 15.8 Å². The van der Waals surface area contributed by atoms with Gasteiger partial charge in [-0.2, -0.15) is 17.0 Å². The average Bonchev–Trinajstić information content (AvgIpc) is 3.20. The first kappa shape index (κ1) is 25.7. The minimum Gasteiger partial charge on any atom is -0.489 e. The van der Waals surface area contributed by atoms with Gasteiger partial charge in [0.1, 0.15) is 5.65 Å². The molecule has 34 heavy (non-hydrogen) atoms. The Morgan fingerprint density at radius 2 is 2.00 bits per heavy atom. The number of hydrogen-bond donors (Lipinski definition) is 3. The van der Waals surface area contributed by atoms with Gasteiger partial charge in [0.05, 0.1) is 18.5 Å². The summed E-state index contributed by atoms with van der Waals surface area (Å²) >= 11 is 4.56. The van der Waals surface area contributed by atoms with Crippen molar-refractivity contribution in [3.8, 4) is 16.9 Å². The van der Waals surface area contributed by atoms with Crippen molar-refractivity contribution in [3.05, 3.63) is 65.3 Å². The highest BCUT2D eigenvalue weighted by Gasteiger charge is 2.22. The molecule has 0 saturated heterocycles. The van der Waals surface area contributed by atoms with Crippen molar-refractivity contribution in [1.29, 1.82) is 0 Å². The zero-order valence-corrected chi connectivity index (χ0v) is 21.0. The van der Waals surface area contributed by atoms with Gasteiger partial charge in [-0.25, -0.2) is 9.37 Å². The molecule has 0 spiro atoms.